The van der Waals surface area contributed by atoms with Crippen LogP contribution >= 0.6 is 12.4 Å². The van der Waals surface area contributed by atoms with Crippen molar-refractivity contribution in [3.8, 4) is 0 Å². The smallest absolute Gasteiger partial charge is 0.123 e. The molecule has 2 aromatic rings. The average Bonchev–Trinajstić information content (AvgIpc) is 2.71. The molecule has 1 saturated heterocycles. The molecule has 2 heterocycles. The average molecular weight is 309 g/mol. The largest absolute Gasteiger partial charge is 0.330 e. The predicted molar refractivity (Wildman–Crippen MR) is 89.6 cm³/mol. The Morgan fingerprint density at radius 3 is 2.71 bits per heavy atom. The van der Waals surface area contributed by atoms with Crippen LogP contribution in [0.5, 0.6) is 0 Å². The first-order valence-corrected chi connectivity index (χ1v) is 7.36. The van der Waals surface area contributed by atoms with Gasteiger partial charge in [0.2, 0.25) is 0 Å². The summed E-state index contributed by atoms with van der Waals surface area (Å²) in [6, 6.07) is 8.62. The molecular formula is C16H25ClN4. The molecule has 1 aliphatic heterocycles. The van der Waals surface area contributed by atoms with Crippen molar-refractivity contribution in [1.82, 2.24) is 14.5 Å². The molecule has 116 valence electrons. The number of para-hydroxylation sites is 2. The highest BCUT2D eigenvalue weighted by atomic mass is 35.5. The van der Waals surface area contributed by atoms with E-state index in [-0.39, 0.29) is 17.8 Å². The number of benzene rings is 1. The summed E-state index contributed by atoms with van der Waals surface area (Å²) in [5.41, 5.74) is 8.68. The number of rotatable bonds is 2. The number of halogens is 1. The topological polar surface area (TPSA) is 47.1 Å². The van der Waals surface area contributed by atoms with Gasteiger partial charge in [-0.3, -0.25) is 4.90 Å². The van der Waals surface area contributed by atoms with E-state index in [9.17, 15) is 0 Å². The van der Waals surface area contributed by atoms with Gasteiger partial charge >= 0.3 is 0 Å². The summed E-state index contributed by atoms with van der Waals surface area (Å²) in [6.07, 6.45) is 1.07. The van der Waals surface area contributed by atoms with Gasteiger partial charge in [0.1, 0.15) is 5.82 Å². The molecule has 2 N–H and O–H groups in total. The number of nitrogens with zero attached hydrogens (tertiary/aromatic N) is 3. The number of imidazole rings is 1. The molecular weight excluding hydrogens is 284 g/mol. The van der Waals surface area contributed by atoms with Gasteiger partial charge in [0.05, 0.1) is 17.6 Å². The monoisotopic (exact) mass is 308 g/mol. The van der Waals surface area contributed by atoms with Gasteiger partial charge in [0.25, 0.3) is 0 Å². The van der Waals surface area contributed by atoms with Crippen LogP contribution < -0.4 is 5.73 Å². The Kier molecular flexibility index (Phi) is 4.61. The Morgan fingerprint density at radius 2 is 2.05 bits per heavy atom. The fraction of sp³-hybridized carbons (Fsp3) is 0.562. The third kappa shape index (κ3) is 3.07. The second-order valence-electron chi connectivity index (χ2n) is 6.67. The predicted octanol–water partition coefficient (Wildman–Crippen LogP) is 2.55. The molecule has 0 bridgehead atoms. The Hall–Kier alpha value is -1.10. The third-order valence-electron chi connectivity index (χ3n) is 4.64. The summed E-state index contributed by atoms with van der Waals surface area (Å²) < 4.78 is 2.21. The Morgan fingerprint density at radius 1 is 1.33 bits per heavy atom. The van der Waals surface area contributed by atoms with Crippen LogP contribution in [0.15, 0.2) is 24.3 Å². The fourth-order valence-corrected chi connectivity index (χ4v) is 3.16. The number of fused-ring (bicyclic) bond motifs is 1. The number of hydrogen-bond acceptors (Lipinski definition) is 3. The van der Waals surface area contributed by atoms with Gasteiger partial charge in [-0.15, -0.1) is 12.4 Å². The van der Waals surface area contributed by atoms with Crippen molar-refractivity contribution in [3.05, 3.63) is 30.1 Å². The van der Waals surface area contributed by atoms with Crippen LogP contribution in [0.2, 0.25) is 0 Å². The summed E-state index contributed by atoms with van der Waals surface area (Å²) in [6.45, 7) is 7.53. The van der Waals surface area contributed by atoms with Crippen LogP contribution in [0.25, 0.3) is 11.0 Å². The zero-order valence-electron chi connectivity index (χ0n) is 13.0. The first kappa shape index (κ1) is 16.3. The number of aryl methyl sites for hydroxylation is 1. The molecule has 5 heteroatoms. The molecule has 21 heavy (non-hydrogen) atoms. The highest BCUT2D eigenvalue weighted by Gasteiger charge is 2.33. The van der Waals surface area contributed by atoms with Crippen LogP contribution in [0.4, 0.5) is 0 Å². The number of nitrogens with two attached hydrogens (primary N) is 1. The van der Waals surface area contributed by atoms with Crippen molar-refractivity contribution in [2.45, 2.75) is 32.9 Å². The lowest BCUT2D eigenvalue weighted by Gasteiger charge is -2.42. The van der Waals surface area contributed by atoms with Crippen molar-refractivity contribution in [2.24, 2.45) is 18.2 Å². The van der Waals surface area contributed by atoms with Gasteiger partial charge in [-0.05, 0) is 24.0 Å². The second-order valence-corrected chi connectivity index (χ2v) is 6.67. The maximum Gasteiger partial charge on any atom is 0.123 e. The van der Waals surface area contributed by atoms with Crippen LogP contribution in [0.1, 0.15) is 26.1 Å². The van der Waals surface area contributed by atoms with Crippen molar-refractivity contribution in [3.63, 3.8) is 0 Å². The molecule has 1 aromatic carbocycles. The first-order chi connectivity index (χ1) is 9.47. The van der Waals surface area contributed by atoms with E-state index in [1.807, 2.05) is 6.07 Å². The molecule has 0 radical (unpaired) electrons. The zero-order valence-corrected chi connectivity index (χ0v) is 13.9. The maximum absolute atomic E-state index is 6.21. The Labute approximate surface area is 132 Å². The van der Waals surface area contributed by atoms with Crippen molar-refractivity contribution >= 4 is 23.4 Å². The molecule has 1 aliphatic rings. The van der Waals surface area contributed by atoms with Crippen LogP contribution in [-0.2, 0) is 13.6 Å². The van der Waals surface area contributed by atoms with E-state index in [0.717, 1.165) is 37.4 Å². The van der Waals surface area contributed by atoms with E-state index in [1.54, 1.807) is 0 Å². The third-order valence-corrected chi connectivity index (χ3v) is 4.64. The van der Waals surface area contributed by atoms with Crippen LogP contribution in [-0.4, -0.2) is 33.6 Å². The molecule has 1 aromatic heterocycles. The lowest BCUT2D eigenvalue weighted by Crippen LogP contribution is -2.52. The maximum atomic E-state index is 6.21. The summed E-state index contributed by atoms with van der Waals surface area (Å²) in [7, 11) is 2.10. The standard InChI is InChI=1S/C16H24N4.ClH/c1-16(2)11-20(9-8-14(16)17)10-15-18-12-6-4-5-7-13(12)19(15)3;/h4-7,14H,8-11,17H2,1-3H3;1H. The number of aromatic nitrogens is 2. The van der Waals surface area contributed by atoms with E-state index >= 15 is 0 Å². The van der Waals surface area contributed by atoms with E-state index in [4.69, 9.17) is 10.7 Å². The summed E-state index contributed by atoms with van der Waals surface area (Å²) in [4.78, 5) is 7.24. The molecule has 1 atom stereocenters. The number of piperidine rings is 1. The van der Waals surface area contributed by atoms with Gasteiger partial charge in [-0.1, -0.05) is 26.0 Å². The molecule has 0 amide bonds. The summed E-state index contributed by atoms with van der Waals surface area (Å²) >= 11 is 0. The normalized spacial score (nSPS) is 22.2. The molecule has 4 nitrogen and oxygen atoms in total. The van der Waals surface area contributed by atoms with Crippen LogP contribution in [0.3, 0.4) is 0 Å². The number of likely N-dealkylation sites (tertiary alicyclic amines) is 1. The van der Waals surface area contributed by atoms with Crippen molar-refractivity contribution in [2.75, 3.05) is 13.1 Å². The van der Waals surface area contributed by atoms with Crippen molar-refractivity contribution < 1.29 is 0 Å². The lowest BCUT2D eigenvalue weighted by molar-refractivity contribution is 0.0873. The first-order valence-electron chi connectivity index (χ1n) is 7.36. The second kappa shape index (κ2) is 5.95. The van der Waals surface area contributed by atoms with E-state index in [0.29, 0.717) is 6.04 Å². The highest BCUT2D eigenvalue weighted by Crippen LogP contribution is 2.28. The van der Waals surface area contributed by atoms with E-state index < -0.39 is 0 Å². The van der Waals surface area contributed by atoms with Crippen LogP contribution in [0, 0.1) is 5.41 Å². The molecule has 1 unspecified atom stereocenters. The summed E-state index contributed by atoms with van der Waals surface area (Å²) in [5.74, 6) is 1.14. The highest BCUT2D eigenvalue weighted by molar-refractivity contribution is 5.85. The van der Waals surface area contributed by atoms with Crippen molar-refractivity contribution in [1.29, 1.82) is 0 Å². The molecule has 0 saturated carbocycles. The zero-order chi connectivity index (χ0) is 14.3. The van der Waals surface area contributed by atoms with Gasteiger partial charge in [0, 0.05) is 26.2 Å². The minimum atomic E-state index is 0. The minimum Gasteiger partial charge on any atom is -0.330 e. The molecule has 0 spiro atoms. The number of hydrogen-bond donors (Lipinski definition) is 1. The van der Waals surface area contributed by atoms with E-state index in [2.05, 4.69) is 48.6 Å². The quantitative estimate of drug-likeness (QED) is 0.927. The Bertz CT molecular complexity index is 620. The Balaban J connectivity index is 0.00000161. The van der Waals surface area contributed by atoms with Gasteiger partial charge < -0.3 is 10.3 Å². The van der Waals surface area contributed by atoms with Gasteiger partial charge in [-0.25, -0.2) is 4.98 Å². The van der Waals surface area contributed by atoms with Gasteiger partial charge in [-0.2, -0.15) is 0 Å². The SMILES string of the molecule is Cl.Cn1c(CN2CCC(N)C(C)(C)C2)nc2ccccc21. The molecule has 1 fully saturated rings. The minimum absolute atomic E-state index is 0. The molecule has 0 aliphatic carbocycles. The summed E-state index contributed by atoms with van der Waals surface area (Å²) in [5, 5.41) is 0. The lowest BCUT2D eigenvalue weighted by atomic mass is 9.80. The molecule has 3 rings (SSSR count). The van der Waals surface area contributed by atoms with Gasteiger partial charge in [0.15, 0.2) is 0 Å². The fourth-order valence-electron chi connectivity index (χ4n) is 3.16. The van der Waals surface area contributed by atoms with E-state index in [1.165, 1.54) is 5.52 Å².